The number of carbonyl (C=O) groups excluding carboxylic acids is 2. The van der Waals surface area contributed by atoms with E-state index in [1.165, 1.54) is 6.07 Å². The molecule has 3 rings (SSSR count). The minimum Gasteiger partial charge on any atom is -0.508 e. The topological polar surface area (TPSA) is 90.7 Å². The van der Waals surface area contributed by atoms with Gasteiger partial charge in [-0.1, -0.05) is 6.07 Å². The number of rotatable bonds is 5. The molecular weight excluding hydrogens is 346 g/mol. The summed E-state index contributed by atoms with van der Waals surface area (Å²) in [5.74, 6) is -0.241. The first-order valence-corrected chi connectivity index (χ1v) is 8.93. The van der Waals surface area contributed by atoms with Gasteiger partial charge in [0, 0.05) is 25.2 Å². The lowest BCUT2D eigenvalue weighted by Crippen LogP contribution is -2.38. The third kappa shape index (κ3) is 4.28. The van der Waals surface area contributed by atoms with Crippen LogP contribution in [0.1, 0.15) is 32.1 Å². The minimum atomic E-state index is -0.208. The summed E-state index contributed by atoms with van der Waals surface area (Å²) in [6.45, 7) is 4.51. The van der Waals surface area contributed by atoms with Crippen molar-refractivity contribution < 1.29 is 14.7 Å². The molecule has 2 N–H and O–H groups in total. The summed E-state index contributed by atoms with van der Waals surface area (Å²) in [6.07, 6.45) is 0. The molecule has 0 unspecified atom stereocenters. The van der Waals surface area contributed by atoms with Gasteiger partial charge in [0.2, 0.25) is 0 Å². The monoisotopic (exact) mass is 371 g/mol. The van der Waals surface area contributed by atoms with E-state index in [1.54, 1.807) is 34.7 Å². The number of phenols is 1. The van der Waals surface area contributed by atoms with Crippen molar-refractivity contribution in [3.8, 4) is 5.75 Å². The van der Waals surface area contributed by atoms with E-state index in [-0.39, 0.29) is 17.6 Å². The highest BCUT2D eigenvalue weighted by Crippen LogP contribution is 2.21. The van der Waals surface area contributed by atoms with Gasteiger partial charge >= 0.3 is 0 Å². The smallest absolute Gasteiger partial charge is 0.271 e. The highest BCUT2D eigenvalue weighted by molar-refractivity contribution is 5.95. The second kappa shape index (κ2) is 7.79. The van der Waals surface area contributed by atoms with Gasteiger partial charge in [0.05, 0.1) is 18.8 Å². The van der Waals surface area contributed by atoms with E-state index in [9.17, 15) is 14.7 Å². The van der Waals surface area contributed by atoms with Crippen LogP contribution in [0.25, 0.3) is 0 Å². The summed E-state index contributed by atoms with van der Waals surface area (Å²) in [7, 11) is 3.89. The van der Waals surface area contributed by atoms with Crippen molar-refractivity contribution in [3.63, 3.8) is 0 Å². The Kier molecular flexibility index (Phi) is 5.46. The van der Waals surface area contributed by atoms with E-state index in [2.05, 4.69) is 10.4 Å². The first kappa shape index (κ1) is 18.9. The fraction of sp³-hybridized carbons (Fsp3) is 0.421. The number of nitrogens with zero attached hydrogens (tertiary/aromatic N) is 4. The summed E-state index contributed by atoms with van der Waals surface area (Å²) in [4.78, 5) is 28.7. The lowest BCUT2D eigenvalue weighted by atomic mass is 10.1. The molecule has 0 spiro atoms. The number of aromatic nitrogens is 2. The first-order valence-electron chi connectivity index (χ1n) is 8.93. The maximum atomic E-state index is 12.7. The number of aromatic hydroxyl groups is 1. The van der Waals surface area contributed by atoms with Crippen LogP contribution in [0.2, 0.25) is 0 Å². The van der Waals surface area contributed by atoms with E-state index >= 15 is 0 Å². The van der Waals surface area contributed by atoms with Crippen LogP contribution in [-0.2, 0) is 13.1 Å². The van der Waals surface area contributed by atoms with E-state index in [1.807, 2.05) is 19.0 Å². The zero-order valence-corrected chi connectivity index (χ0v) is 15.9. The third-order valence-corrected chi connectivity index (χ3v) is 4.62. The molecule has 1 aliphatic heterocycles. The molecule has 2 amide bonds. The van der Waals surface area contributed by atoms with E-state index in [4.69, 9.17) is 0 Å². The molecular formula is C19H25N5O3. The Hall–Kier alpha value is -2.87. The first-order chi connectivity index (χ1) is 12.8. The van der Waals surface area contributed by atoms with Gasteiger partial charge in [-0.05, 0) is 44.8 Å². The van der Waals surface area contributed by atoms with Crippen molar-refractivity contribution in [2.45, 2.75) is 20.0 Å². The zero-order chi connectivity index (χ0) is 19.6. The molecule has 0 fully saturated rings. The third-order valence-electron chi connectivity index (χ3n) is 4.62. The molecule has 27 heavy (non-hydrogen) atoms. The Morgan fingerprint density at radius 1 is 1.26 bits per heavy atom. The Balaban J connectivity index is 1.67. The molecule has 0 saturated heterocycles. The fourth-order valence-corrected chi connectivity index (χ4v) is 2.96. The van der Waals surface area contributed by atoms with Crippen molar-refractivity contribution in [2.24, 2.45) is 0 Å². The molecule has 0 saturated carbocycles. The number of phenolic OH excluding ortho intramolecular Hbond substituents is 1. The Labute approximate surface area is 158 Å². The summed E-state index contributed by atoms with van der Waals surface area (Å²) >= 11 is 0. The van der Waals surface area contributed by atoms with Gasteiger partial charge < -0.3 is 20.2 Å². The fourth-order valence-electron chi connectivity index (χ4n) is 2.96. The second-order valence-corrected chi connectivity index (χ2v) is 7.03. The normalized spacial score (nSPS) is 13.6. The SMILES string of the molecule is Cc1ccc(C(=O)N2CCn3nc(C(=O)NCCN(C)C)cc3C2)cc1O. The standard InChI is InChI=1S/C19H25N5O3/c1-13-4-5-14(10-17(13)25)19(27)23-8-9-24-15(12-23)11-16(21-24)18(26)20-6-7-22(2)3/h4-5,10-11,25H,6-9,12H2,1-3H3,(H,20,26). The van der Waals surface area contributed by atoms with Gasteiger partial charge in [0.15, 0.2) is 5.69 Å². The van der Waals surface area contributed by atoms with Crippen LogP contribution in [0.5, 0.6) is 5.75 Å². The van der Waals surface area contributed by atoms with Crippen molar-refractivity contribution in [1.82, 2.24) is 24.9 Å². The predicted molar refractivity (Wildman–Crippen MR) is 101 cm³/mol. The van der Waals surface area contributed by atoms with E-state index in [0.717, 1.165) is 17.8 Å². The van der Waals surface area contributed by atoms with Crippen LogP contribution >= 0.6 is 0 Å². The number of fused-ring (bicyclic) bond motifs is 1. The number of amides is 2. The summed E-state index contributed by atoms with van der Waals surface area (Å²) in [5.41, 5.74) is 2.37. The lowest BCUT2D eigenvalue weighted by molar-refractivity contribution is 0.0705. The molecule has 8 nitrogen and oxygen atoms in total. The van der Waals surface area contributed by atoms with E-state index in [0.29, 0.717) is 37.4 Å². The number of nitrogens with one attached hydrogen (secondary N) is 1. The molecule has 144 valence electrons. The highest BCUT2D eigenvalue weighted by atomic mass is 16.3. The molecule has 2 heterocycles. The summed E-state index contributed by atoms with van der Waals surface area (Å²) in [5, 5.41) is 17.0. The van der Waals surface area contributed by atoms with Gasteiger partial charge in [0.25, 0.3) is 11.8 Å². The lowest BCUT2D eigenvalue weighted by Gasteiger charge is -2.27. The maximum absolute atomic E-state index is 12.7. The number of aryl methyl sites for hydroxylation is 1. The number of hydrogen-bond donors (Lipinski definition) is 2. The molecule has 2 aromatic rings. The van der Waals surface area contributed by atoms with Gasteiger partial charge in [-0.2, -0.15) is 5.10 Å². The average molecular weight is 371 g/mol. The van der Waals surface area contributed by atoms with Crippen molar-refractivity contribution in [3.05, 3.63) is 46.8 Å². The van der Waals surface area contributed by atoms with E-state index < -0.39 is 0 Å². The number of carbonyl (C=O) groups is 2. The zero-order valence-electron chi connectivity index (χ0n) is 15.9. The van der Waals surface area contributed by atoms with Gasteiger partial charge in [-0.25, -0.2) is 0 Å². The van der Waals surface area contributed by atoms with Crippen molar-refractivity contribution in [2.75, 3.05) is 33.7 Å². The largest absolute Gasteiger partial charge is 0.508 e. The van der Waals surface area contributed by atoms with Crippen LogP contribution in [-0.4, -0.2) is 70.2 Å². The number of hydrogen-bond acceptors (Lipinski definition) is 5. The second-order valence-electron chi connectivity index (χ2n) is 7.03. The maximum Gasteiger partial charge on any atom is 0.271 e. The Morgan fingerprint density at radius 3 is 2.74 bits per heavy atom. The molecule has 1 aliphatic rings. The van der Waals surface area contributed by atoms with Crippen molar-refractivity contribution in [1.29, 1.82) is 0 Å². The quantitative estimate of drug-likeness (QED) is 0.813. The van der Waals surface area contributed by atoms with Crippen LogP contribution < -0.4 is 5.32 Å². The predicted octanol–water partition coefficient (Wildman–Crippen LogP) is 0.845. The summed E-state index contributed by atoms with van der Waals surface area (Å²) < 4.78 is 1.78. The van der Waals surface area contributed by atoms with Crippen LogP contribution in [0.15, 0.2) is 24.3 Å². The molecule has 8 heteroatoms. The van der Waals surface area contributed by atoms with Gasteiger partial charge in [-0.3, -0.25) is 14.3 Å². The Morgan fingerprint density at radius 2 is 2.04 bits per heavy atom. The molecule has 1 aromatic heterocycles. The minimum absolute atomic E-state index is 0.111. The molecule has 0 atom stereocenters. The molecule has 0 radical (unpaired) electrons. The van der Waals surface area contributed by atoms with Gasteiger partial charge in [0.1, 0.15) is 5.75 Å². The molecule has 0 aliphatic carbocycles. The van der Waals surface area contributed by atoms with Crippen LogP contribution in [0.4, 0.5) is 0 Å². The van der Waals surface area contributed by atoms with Crippen molar-refractivity contribution >= 4 is 11.8 Å². The number of benzene rings is 1. The number of likely N-dealkylation sites (N-methyl/N-ethyl adjacent to an activating group) is 1. The average Bonchev–Trinajstić information content (AvgIpc) is 3.06. The Bertz CT molecular complexity index is 859. The molecule has 1 aromatic carbocycles. The summed E-state index contributed by atoms with van der Waals surface area (Å²) in [6, 6.07) is 6.67. The highest BCUT2D eigenvalue weighted by Gasteiger charge is 2.25. The molecule has 0 bridgehead atoms. The van der Waals surface area contributed by atoms with Gasteiger partial charge in [-0.15, -0.1) is 0 Å². The van der Waals surface area contributed by atoms with Crippen LogP contribution in [0, 0.1) is 6.92 Å². The van der Waals surface area contributed by atoms with Crippen LogP contribution in [0.3, 0.4) is 0 Å².